The number of benzene rings is 1. The van der Waals surface area contributed by atoms with Crippen molar-refractivity contribution in [2.75, 3.05) is 13.1 Å². The number of carbonyl (C=O) groups excluding carboxylic acids is 1. The Labute approximate surface area is 201 Å². The average Bonchev–Trinajstić information content (AvgIpc) is 3.35. The van der Waals surface area contributed by atoms with E-state index in [2.05, 4.69) is 15.2 Å². The molecule has 1 aliphatic rings. The molecule has 1 saturated heterocycles. The fourth-order valence-corrected chi connectivity index (χ4v) is 4.50. The van der Waals surface area contributed by atoms with E-state index in [0.29, 0.717) is 29.6 Å². The van der Waals surface area contributed by atoms with Gasteiger partial charge in [0.15, 0.2) is 11.5 Å². The van der Waals surface area contributed by atoms with E-state index in [0.717, 1.165) is 16.9 Å². The van der Waals surface area contributed by atoms with E-state index in [1.165, 1.54) is 15.6 Å². The zero-order valence-electron chi connectivity index (χ0n) is 20.4. The summed E-state index contributed by atoms with van der Waals surface area (Å²) in [6.07, 6.45) is 1.94. The lowest BCUT2D eigenvalue weighted by Crippen LogP contribution is -2.47. The second-order valence-corrected chi connectivity index (χ2v) is 10.2. The van der Waals surface area contributed by atoms with Crippen LogP contribution in [0.2, 0.25) is 0 Å². The second kappa shape index (κ2) is 8.28. The van der Waals surface area contributed by atoms with Crippen LogP contribution in [0.15, 0.2) is 30.6 Å². The monoisotopic (exact) mass is 482 g/mol. The molecular weight excluding hydrogens is 454 g/mol. The number of imidazole rings is 1. The molecule has 0 saturated carbocycles. The number of hydrogen-bond donors (Lipinski definition) is 0. The number of likely N-dealkylation sites (tertiary alicyclic amines) is 1. The highest BCUT2D eigenvalue weighted by Crippen LogP contribution is 2.31. The minimum Gasteiger partial charge on any atom is -0.444 e. The Bertz CT molecular complexity index is 1440. The highest BCUT2D eigenvalue weighted by molar-refractivity contribution is 5.84. The largest absolute Gasteiger partial charge is 0.444 e. The molecular formula is C25H28F2N6O2. The Morgan fingerprint density at radius 2 is 1.91 bits per heavy atom. The molecule has 35 heavy (non-hydrogen) atoms. The van der Waals surface area contributed by atoms with Gasteiger partial charge < -0.3 is 9.64 Å². The van der Waals surface area contributed by atoms with Gasteiger partial charge in [-0.25, -0.2) is 23.1 Å². The molecule has 0 aliphatic carbocycles. The lowest BCUT2D eigenvalue weighted by molar-refractivity contribution is 0.00581. The SMILES string of the molecule is Cc1cn2nc(-c3cc(F)c4nn(C5CCN(C(=O)OC(C)(C)C)CC5F)cc4c3)cc(C)c2n1. The van der Waals surface area contributed by atoms with Crippen molar-refractivity contribution in [3.05, 3.63) is 47.7 Å². The normalized spacial score (nSPS) is 19.0. The molecule has 4 heterocycles. The molecule has 1 aromatic carbocycles. The number of aromatic nitrogens is 5. The van der Waals surface area contributed by atoms with Gasteiger partial charge in [0.05, 0.1) is 30.2 Å². The van der Waals surface area contributed by atoms with E-state index in [4.69, 9.17) is 4.74 Å². The molecule has 2 unspecified atom stereocenters. The molecule has 4 aromatic rings. The predicted molar refractivity (Wildman–Crippen MR) is 128 cm³/mol. The van der Waals surface area contributed by atoms with Gasteiger partial charge in [-0.3, -0.25) is 4.68 Å². The van der Waals surface area contributed by atoms with Crippen LogP contribution in [-0.4, -0.2) is 60.2 Å². The summed E-state index contributed by atoms with van der Waals surface area (Å²) >= 11 is 0. The maximum Gasteiger partial charge on any atom is 0.410 e. The van der Waals surface area contributed by atoms with E-state index in [1.54, 1.807) is 31.5 Å². The first-order valence-electron chi connectivity index (χ1n) is 11.6. The second-order valence-electron chi connectivity index (χ2n) is 10.2. The number of amides is 1. The van der Waals surface area contributed by atoms with Gasteiger partial charge in [0.25, 0.3) is 0 Å². The number of nitrogens with zero attached hydrogens (tertiary/aromatic N) is 6. The first kappa shape index (κ1) is 23.2. The number of fused-ring (bicyclic) bond motifs is 2. The summed E-state index contributed by atoms with van der Waals surface area (Å²) < 4.78 is 38.7. The molecule has 0 N–H and O–H groups in total. The number of rotatable bonds is 2. The number of ether oxygens (including phenoxy) is 1. The molecule has 184 valence electrons. The number of carbonyl (C=O) groups is 1. The summed E-state index contributed by atoms with van der Waals surface area (Å²) in [5.41, 5.74) is 3.26. The van der Waals surface area contributed by atoms with Gasteiger partial charge in [0, 0.05) is 23.7 Å². The number of alkyl halides is 1. The fourth-order valence-electron chi connectivity index (χ4n) is 4.50. The molecule has 1 aliphatic heterocycles. The van der Waals surface area contributed by atoms with E-state index in [1.807, 2.05) is 32.2 Å². The summed E-state index contributed by atoms with van der Waals surface area (Å²) in [4.78, 5) is 18.1. The van der Waals surface area contributed by atoms with Crippen LogP contribution in [0.25, 0.3) is 27.8 Å². The lowest BCUT2D eigenvalue weighted by atomic mass is 10.0. The Morgan fingerprint density at radius 1 is 1.14 bits per heavy atom. The highest BCUT2D eigenvalue weighted by Gasteiger charge is 2.35. The van der Waals surface area contributed by atoms with Crippen LogP contribution in [0.5, 0.6) is 0 Å². The van der Waals surface area contributed by atoms with Gasteiger partial charge in [-0.1, -0.05) is 0 Å². The first-order chi connectivity index (χ1) is 16.5. The van der Waals surface area contributed by atoms with Gasteiger partial charge in [-0.15, -0.1) is 0 Å². The van der Waals surface area contributed by atoms with Crippen LogP contribution in [-0.2, 0) is 4.74 Å². The molecule has 1 fully saturated rings. The van der Waals surface area contributed by atoms with Crippen LogP contribution in [0.3, 0.4) is 0 Å². The van der Waals surface area contributed by atoms with Gasteiger partial charge in [0.2, 0.25) is 0 Å². The van der Waals surface area contributed by atoms with Crippen LogP contribution in [0.1, 0.15) is 44.5 Å². The third kappa shape index (κ3) is 4.44. The molecule has 10 heteroatoms. The summed E-state index contributed by atoms with van der Waals surface area (Å²) in [6, 6.07) is 4.48. The average molecular weight is 483 g/mol. The summed E-state index contributed by atoms with van der Waals surface area (Å²) in [7, 11) is 0. The van der Waals surface area contributed by atoms with E-state index >= 15 is 8.78 Å². The minimum atomic E-state index is -1.36. The van der Waals surface area contributed by atoms with Crippen molar-refractivity contribution in [3.8, 4) is 11.3 Å². The lowest BCUT2D eigenvalue weighted by Gasteiger charge is -2.35. The van der Waals surface area contributed by atoms with Crippen molar-refractivity contribution < 1.29 is 18.3 Å². The molecule has 0 radical (unpaired) electrons. The van der Waals surface area contributed by atoms with Crippen molar-refractivity contribution in [1.82, 2.24) is 29.3 Å². The minimum absolute atomic E-state index is 0.100. The van der Waals surface area contributed by atoms with Crippen LogP contribution in [0.4, 0.5) is 13.6 Å². The fraction of sp³-hybridized carbons (Fsp3) is 0.440. The molecule has 2 atom stereocenters. The van der Waals surface area contributed by atoms with Crippen molar-refractivity contribution in [2.24, 2.45) is 0 Å². The van der Waals surface area contributed by atoms with Crippen molar-refractivity contribution in [3.63, 3.8) is 0 Å². The highest BCUT2D eigenvalue weighted by atomic mass is 19.1. The van der Waals surface area contributed by atoms with Crippen molar-refractivity contribution in [1.29, 1.82) is 0 Å². The molecule has 5 rings (SSSR count). The molecule has 1 amide bonds. The quantitative estimate of drug-likeness (QED) is 0.401. The zero-order chi connectivity index (χ0) is 25.1. The molecule has 0 spiro atoms. The van der Waals surface area contributed by atoms with E-state index in [-0.39, 0.29) is 12.1 Å². The van der Waals surface area contributed by atoms with E-state index in [9.17, 15) is 4.79 Å². The maximum atomic E-state index is 15.1. The van der Waals surface area contributed by atoms with Gasteiger partial charge in [-0.05, 0) is 64.8 Å². The summed E-state index contributed by atoms with van der Waals surface area (Å²) in [5, 5.41) is 9.50. The third-order valence-corrected chi connectivity index (χ3v) is 6.10. The van der Waals surface area contributed by atoms with Crippen LogP contribution >= 0.6 is 0 Å². The predicted octanol–water partition coefficient (Wildman–Crippen LogP) is 5.02. The summed E-state index contributed by atoms with van der Waals surface area (Å²) in [6.45, 7) is 9.37. The van der Waals surface area contributed by atoms with E-state index < -0.39 is 29.7 Å². The maximum absolute atomic E-state index is 15.1. The van der Waals surface area contributed by atoms with Gasteiger partial charge >= 0.3 is 6.09 Å². The van der Waals surface area contributed by atoms with Crippen LogP contribution < -0.4 is 0 Å². The molecule has 3 aromatic heterocycles. The van der Waals surface area contributed by atoms with Crippen molar-refractivity contribution in [2.45, 2.75) is 58.9 Å². The Balaban J connectivity index is 1.42. The Kier molecular flexibility index (Phi) is 5.49. The van der Waals surface area contributed by atoms with Gasteiger partial charge in [-0.2, -0.15) is 10.2 Å². The topological polar surface area (TPSA) is 77.6 Å². The number of piperidine rings is 1. The number of halogens is 2. The summed E-state index contributed by atoms with van der Waals surface area (Å²) in [5.74, 6) is -0.501. The smallest absolute Gasteiger partial charge is 0.410 e. The molecule has 0 bridgehead atoms. The Hall–Kier alpha value is -3.56. The standard InChI is InChI=1S/C25H28F2N6O2/c1-14-8-20(29-33-11-15(2)28-23(14)33)16-9-17-12-32(30-22(17)18(26)10-16)21-6-7-31(13-19(21)27)24(34)35-25(3,4)5/h8-12,19,21H,6-7,13H2,1-5H3. The molecule has 8 nitrogen and oxygen atoms in total. The first-order valence-corrected chi connectivity index (χ1v) is 11.6. The Morgan fingerprint density at radius 3 is 2.63 bits per heavy atom. The van der Waals surface area contributed by atoms with Gasteiger partial charge in [0.1, 0.15) is 17.3 Å². The van der Waals surface area contributed by atoms with Crippen LogP contribution in [0, 0.1) is 19.7 Å². The van der Waals surface area contributed by atoms with Crippen molar-refractivity contribution >= 4 is 22.6 Å². The number of hydrogen-bond acceptors (Lipinski definition) is 5. The third-order valence-electron chi connectivity index (χ3n) is 6.10. The number of aryl methyl sites for hydroxylation is 2. The zero-order valence-corrected chi connectivity index (χ0v) is 20.4.